The van der Waals surface area contributed by atoms with Crippen molar-refractivity contribution in [2.24, 2.45) is 5.92 Å². The molecular weight excluding hydrogens is 264 g/mol. The van der Waals surface area contributed by atoms with Crippen LogP contribution in [0.3, 0.4) is 0 Å². The molecule has 1 aliphatic heterocycles. The van der Waals surface area contributed by atoms with Gasteiger partial charge in [-0.05, 0) is 26.7 Å². The van der Waals surface area contributed by atoms with Crippen molar-refractivity contribution < 1.29 is 13.2 Å². The smallest absolute Gasteiger partial charge is 0.241 e. The van der Waals surface area contributed by atoms with Crippen LogP contribution in [-0.4, -0.2) is 49.0 Å². The molecule has 1 heterocycles. The van der Waals surface area contributed by atoms with E-state index in [1.54, 1.807) is 18.7 Å². The van der Waals surface area contributed by atoms with Crippen LogP contribution >= 0.6 is 0 Å². The summed E-state index contributed by atoms with van der Waals surface area (Å²) in [4.78, 5) is 14.0. The summed E-state index contributed by atoms with van der Waals surface area (Å²) in [6.07, 6.45) is 2.02. The lowest BCUT2D eigenvalue weighted by Gasteiger charge is -2.31. The normalized spacial score (nSPS) is 26.8. The molecule has 3 atom stereocenters. The van der Waals surface area contributed by atoms with Crippen molar-refractivity contribution in [1.82, 2.24) is 10.2 Å². The van der Waals surface area contributed by atoms with Crippen LogP contribution in [0.15, 0.2) is 0 Å². The third-order valence-corrected chi connectivity index (χ3v) is 6.34. The lowest BCUT2D eigenvalue weighted by Crippen LogP contribution is -2.48. The highest BCUT2D eigenvalue weighted by Crippen LogP contribution is 2.24. The summed E-state index contributed by atoms with van der Waals surface area (Å²) >= 11 is 0. The third-order valence-electron chi connectivity index (χ3n) is 4.21. The first-order valence-corrected chi connectivity index (χ1v) is 8.66. The Morgan fingerprint density at radius 1 is 1.42 bits per heavy atom. The average molecular weight is 290 g/mol. The second-order valence-electron chi connectivity index (χ2n) is 6.20. The molecule has 0 aromatic heterocycles. The first-order chi connectivity index (χ1) is 8.51. The highest BCUT2D eigenvalue weighted by atomic mass is 32.2. The van der Waals surface area contributed by atoms with Crippen molar-refractivity contribution in [3.8, 4) is 0 Å². The van der Waals surface area contributed by atoms with Gasteiger partial charge in [-0.25, -0.2) is 8.42 Å². The quantitative estimate of drug-likeness (QED) is 0.820. The zero-order valence-corrected chi connectivity index (χ0v) is 13.5. The molecule has 0 saturated carbocycles. The highest BCUT2D eigenvalue weighted by Gasteiger charge is 2.43. The maximum absolute atomic E-state index is 12.4. The molecule has 0 aromatic rings. The van der Waals surface area contributed by atoms with Gasteiger partial charge in [0.05, 0.1) is 17.0 Å². The summed E-state index contributed by atoms with van der Waals surface area (Å²) in [7, 11) is -3.20. The van der Waals surface area contributed by atoms with Crippen LogP contribution in [-0.2, 0) is 14.6 Å². The molecule has 1 amide bonds. The average Bonchev–Trinajstić information content (AvgIpc) is 2.54. The fraction of sp³-hybridized carbons (Fsp3) is 0.923. The van der Waals surface area contributed by atoms with Crippen molar-refractivity contribution in [2.45, 2.75) is 58.0 Å². The van der Waals surface area contributed by atoms with E-state index in [4.69, 9.17) is 0 Å². The molecule has 3 unspecified atom stereocenters. The fourth-order valence-electron chi connectivity index (χ4n) is 2.18. The number of nitrogens with one attached hydrogen (secondary N) is 1. The van der Waals surface area contributed by atoms with Crippen LogP contribution in [0.1, 0.15) is 41.0 Å². The van der Waals surface area contributed by atoms with Gasteiger partial charge in [0.15, 0.2) is 9.84 Å². The molecule has 0 aromatic carbocycles. The maximum Gasteiger partial charge on any atom is 0.241 e. The molecular formula is C13H26N2O3S. The van der Waals surface area contributed by atoms with E-state index in [9.17, 15) is 13.2 Å². The molecule has 1 aliphatic rings. The highest BCUT2D eigenvalue weighted by molar-refractivity contribution is 7.92. The number of nitrogens with zero attached hydrogens (tertiary/aromatic N) is 1. The molecule has 0 aliphatic carbocycles. The molecule has 0 spiro atoms. The molecule has 1 rings (SSSR count). The van der Waals surface area contributed by atoms with Gasteiger partial charge in [-0.15, -0.1) is 0 Å². The van der Waals surface area contributed by atoms with Gasteiger partial charge < -0.3 is 4.90 Å². The molecule has 112 valence electrons. The standard InChI is InChI=1S/C13H26N2O3S/c1-7-9(2)11-12(16)15(10(3)14-11)8-13(4,5)19(6,17)18/h9-11,14H,7-8H2,1-6H3. The van der Waals surface area contributed by atoms with Gasteiger partial charge in [0.2, 0.25) is 5.91 Å². The molecule has 19 heavy (non-hydrogen) atoms. The van der Waals surface area contributed by atoms with Crippen LogP contribution in [0.4, 0.5) is 0 Å². The first-order valence-electron chi connectivity index (χ1n) is 6.77. The minimum Gasteiger partial charge on any atom is -0.325 e. The molecule has 1 fully saturated rings. The summed E-state index contributed by atoms with van der Waals surface area (Å²) in [5.41, 5.74) is 0. The van der Waals surface area contributed by atoms with E-state index in [1.807, 2.05) is 20.8 Å². The number of amides is 1. The predicted octanol–water partition coefficient (Wildman–Crippen LogP) is 1.00. The van der Waals surface area contributed by atoms with Gasteiger partial charge in [-0.2, -0.15) is 0 Å². The van der Waals surface area contributed by atoms with Crippen LogP contribution < -0.4 is 5.32 Å². The summed E-state index contributed by atoms with van der Waals surface area (Å²) in [6.45, 7) is 9.54. The van der Waals surface area contributed by atoms with E-state index < -0.39 is 14.6 Å². The number of sulfone groups is 1. The molecule has 6 heteroatoms. The number of hydrogen-bond acceptors (Lipinski definition) is 4. The molecule has 1 N–H and O–H groups in total. The number of carbonyl (C=O) groups is 1. The van der Waals surface area contributed by atoms with Crippen molar-refractivity contribution in [3.05, 3.63) is 0 Å². The van der Waals surface area contributed by atoms with Crippen molar-refractivity contribution in [1.29, 1.82) is 0 Å². The van der Waals surface area contributed by atoms with E-state index in [-0.39, 0.29) is 30.6 Å². The van der Waals surface area contributed by atoms with Crippen LogP contribution in [0, 0.1) is 5.92 Å². The lowest BCUT2D eigenvalue weighted by molar-refractivity contribution is -0.131. The number of rotatable bonds is 5. The minimum atomic E-state index is -3.20. The van der Waals surface area contributed by atoms with Gasteiger partial charge in [0.25, 0.3) is 0 Å². The molecule has 5 nitrogen and oxygen atoms in total. The van der Waals surface area contributed by atoms with E-state index in [0.717, 1.165) is 6.42 Å². The van der Waals surface area contributed by atoms with Crippen molar-refractivity contribution >= 4 is 15.7 Å². The zero-order chi connectivity index (χ0) is 15.0. The van der Waals surface area contributed by atoms with Gasteiger partial charge in [0, 0.05) is 12.8 Å². The Morgan fingerprint density at radius 3 is 2.37 bits per heavy atom. The second-order valence-corrected chi connectivity index (χ2v) is 8.85. The van der Waals surface area contributed by atoms with E-state index >= 15 is 0 Å². The minimum absolute atomic E-state index is 0.0126. The summed E-state index contributed by atoms with van der Waals surface area (Å²) in [5, 5.41) is 3.26. The van der Waals surface area contributed by atoms with Gasteiger partial charge >= 0.3 is 0 Å². The topological polar surface area (TPSA) is 66.5 Å². The Hall–Kier alpha value is -0.620. The largest absolute Gasteiger partial charge is 0.325 e. The molecule has 1 saturated heterocycles. The third kappa shape index (κ3) is 3.28. The summed E-state index contributed by atoms with van der Waals surface area (Å²) < 4.78 is 22.6. The summed E-state index contributed by atoms with van der Waals surface area (Å²) in [6, 6.07) is -0.199. The zero-order valence-electron chi connectivity index (χ0n) is 12.7. The van der Waals surface area contributed by atoms with E-state index in [0.29, 0.717) is 0 Å². The molecule has 0 radical (unpaired) electrons. The first kappa shape index (κ1) is 16.4. The SMILES string of the molecule is CCC(C)C1NC(C)N(CC(C)(C)S(C)(=O)=O)C1=O. The molecule has 0 bridgehead atoms. The van der Waals surface area contributed by atoms with Gasteiger partial charge in [0.1, 0.15) is 0 Å². The number of carbonyl (C=O) groups excluding carboxylic acids is 1. The Bertz CT molecular complexity index is 445. The monoisotopic (exact) mass is 290 g/mol. The van der Waals surface area contributed by atoms with E-state index in [1.165, 1.54) is 6.26 Å². The Morgan fingerprint density at radius 2 is 1.95 bits per heavy atom. The van der Waals surface area contributed by atoms with Crippen molar-refractivity contribution in [3.63, 3.8) is 0 Å². The van der Waals surface area contributed by atoms with E-state index in [2.05, 4.69) is 5.32 Å². The fourth-order valence-corrected chi connectivity index (χ4v) is 2.55. The van der Waals surface area contributed by atoms with Crippen molar-refractivity contribution in [2.75, 3.05) is 12.8 Å². The maximum atomic E-state index is 12.4. The Kier molecular flexibility index (Phi) is 4.67. The van der Waals surface area contributed by atoms with Gasteiger partial charge in [-0.1, -0.05) is 20.3 Å². The Labute approximate surface area is 116 Å². The lowest BCUT2D eigenvalue weighted by atomic mass is 9.99. The van der Waals surface area contributed by atoms with Gasteiger partial charge in [-0.3, -0.25) is 10.1 Å². The number of hydrogen-bond donors (Lipinski definition) is 1. The Balaban J connectivity index is 2.89. The van der Waals surface area contributed by atoms with Crippen LogP contribution in [0.25, 0.3) is 0 Å². The van der Waals surface area contributed by atoms with Crippen LogP contribution in [0.5, 0.6) is 0 Å². The second kappa shape index (κ2) is 5.40. The summed E-state index contributed by atoms with van der Waals surface area (Å²) in [5.74, 6) is 0.264. The van der Waals surface area contributed by atoms with Crippen LogP contribution in [0.2, 0.25) is 0 Å². The predicted molar refractivity (Wildman–Crippen MR) is 76.5 cm³/mol.